The van der Waals surface area contributed by atoms with Gasteiger partial charge in [-0.05, 0) is 45.0 Å². The molecule has 1 rings (SSSR count). The van der Waals surface area contributed by atoms with Crippen LogP contribution < -0.4 is 0 Å². The third kappa shape index (κ3) is 3.03. The first kappa shape index (κ1) is 15.8. The Bertz CT molecular complexity index is 454. The molecule has 0 saturated carbocycles. The van der Waals surface area contributed by atoms with Gasteiger partial charge in [0.1, 0.15) is 5.82 Å². The van der Waals surface area contributed by atoms with Crippen LogP contribution in [0.25, 0.3) is 0 Å². The number of benzene rings is 1. The molecule has 0 fully saturated rings. The Balaban J connectivity index is 3.17. The van der Waals surface area contributed by atoms with E-state index in [1.807, 2.05) is 27.7 Å². The molecule has 106 valence electrons. The Morgan fingerprint density at radius 1 is 1.26 bits per heavy atom. The van der Waals surface area contributed by atoms with Crippen molar-refractivity contribution in [1.29, 1.82) is 0 Å². The van der Waals surface area contributed by atoms with E-state index in [1.165, 1.54) is 6.07 Å². The number of hydrogen-bond acceptors (Lipinski definition) is 2. The summed E-state index contributed by atoms with van der Waals surface area (Å²) < 4.78 is 13.6. The Labute approximate surface area is 115 Å². The molecule has 1 unspecified atom stereocenters. The molecule has 3 heteroatoms. The monoisotopic (exact) mass is 265 g/mol. The van der Waals surface area contributed by atoms with Crippen LogP contribution in [-0.4, -0.2) is 29.3 Å². The highest BCUT2D eigenvalue weighted by Crippen LogP contribution is 2.25. The van der Waals surface area contributed by atoms with Gasteiger partial charge in [0.05, 0.1) is 5.54 Å². The number of hydrogen-bond donors (Lipinski definition) is 0. The second-order valence-electron chi connectivity index (χ2n) is 5.09. The number of aryl methyl sites for hydroxylation is 1. The van der Waals surface area contributed by atoms with Gasteiger partial charge < -0.3 is 0 Å². The normalized spacial score (nSPS) is 14.5. The number of Topliss-reactive ketones (excluding diaryl/α,β-unsaturated/α-hetero) is 1. The third-order valence-electron chi connectivity index (χ3n) is 4.07. The van der Waals surface area contributed by atoms with Crippen molar-refractivity contribution < 1.29 is 9.18 Å². The smallest absolute Gasteiger partial charge is 0.182 e. The molecule has 19 heavy (non-hydrogen) atoms. The highest BCUT2D eigenvalue weighted by molar-refractivity contribution is 6.03. The fourth-order valence-corrected chi connectivity index (χ4v) is 2.49. The predicted molar refractivity (Wildman–Crippen MR) is 77.1 cm³/mol. The molecule has 0 aliphatic rings. The highest BCUT2D eigenvalue weighted by Gasteiger charge is 2.36. The Kier molecular flexibility index (Phi) is 5.24. The maximum absolute atomic E-state index is 13.6. The van der Waals surface area contributed by atoms with Gasteiger partial charge in [-0.15, -0.1) is 0 Å². The van der Waals surface area contributed by atoms with Gasteiger partial charge in [0.2, 0.25) is 0 Å². The first-order chi connectivity index (χ1) is 8.90. The minimum atomic E-state index is -0.564. The summed E-state index contributed by atoms with van der Waals surface area (Å²) in [5.74, 6) is -0.318. The van der Waals surface area contributed by atoms with Gasteiger partial charge in [0.15, 0.2) is 5.78 Å². The van der Waals surface area contributed by atoms with E-state index in [2.05, 4.69) is 4.90 Å². The van der Waals surface area contributed by atoms with E-state index in [4.69, 9.17) is 0 Å². The van der Waals surface area contributed by atoms with E-state index >= 15 is 0 Å². The van der Waals surface area contributed by atoms with E-state index in [0.29, 0.717) is 17.5 Å². The van der Waals surface area contributed by atoms with E-state index in [0.717, 1.165) is 13.1 Å². The number of likely N-dealkylation sites (N-methyl/N-ethyl adjacent to an activating group) is 1. The van der Waals surface area contributed by atoms with Crippen LogP contribution in [0.1, 0.15) is 50.0 Å². The first-order valence-electron chi connectivity index (χ1n) is 6.96. The second-order valence-corrected chi connectivity index (χ2v) is 5.09. The molecule has 1 aromatic rings. The van der Waals surface area contributed by atoms with Crippen LogP contribution in [-0.2, 0) is 0 Å². The van der Waals surface area contributed by atoms with Crippen LogP contribution in [0.15, 0.2) is 18.2 Å². The molecule has 0 aliphatic heterocycles. The number of nitrogens with zero attached hydrogens (tertiary/aromatic N) is 1. The molecule has 0 spiro atoms. The van der Waals surface area contributed by atoms with Crippen molar-refractivity contribution in [2.45, 2.75) is 46.6 Å². The first-order valence-corrected chi connectivity index (χ1v) is 6.96. The Morgan fingerprint density at radius 2 is 1.84 bits per heavy atom. The molecular formula is C16H24FNO. The lowest BCUT2D eigenvalue weighted by Gasteiger charge is -2.38. The number of ketones is 1. The van der Waals surface area contributed by atoms with Gasteiger partial charge in [-0.2, -0.15) is 0 Å². The van der Waals surface area contributed by atoms with Gasteiger partial charge in [0, 0.05) is 5.56 Å². The van der Waals surface area contributed by atoms with Crippen molar-refractivity contribution in [3.63, 3.8) is 0 Å². The molecule has 2 nitrogen and oxygen atoms in total. The number of carbonyl (C=O) groups is 1. The third-order valence-corrected chi connectivity index (χ3v) is 4.07. The lowest BCUT2D eigenvalue weighted by atomic mass is 9.86. The molecule has 0 N–H and O–H groups in total. The Hall–Kier alpha value is -1.22. The fraction of sp³-hybridized carbons (Fsp3) is 0.562. The fourth-order valence-electron chi connectivity index (χ4n) is 2.49. The van der Waals surface area contributed by atoms with Crippen LogP contribution in [0.2, 0.25) is 0 Å². The summed E-state index contributed by atoms with van der Waals surface area (Å²) in [6.07, 6.45) is 0.711. The quantitative estimate of drug-likeness (QED) is 0.729. The molecular weight excluding hydrogens is 241 g/mol. The van der Waals surface area contributed by atoms with Crippen LogP contribution in [0.5, 0.6) is 0 Å². The van der Waals surface area contributed by atoms with Crippen molar-refractivity contribution >= 4 is 5.78 Å². The minimum absolute atomic E-state index is 0.00222. The van der Waals surface area contributed by atoms with Gasteiger partial charge >= 0.3 is 0 Å². The van der Waals surface area contributed by atoms with Gasteiger partial charge in [0.25, 0.3) is 0 Å². The van der Waals surface area contributed by atoms with Crippen LogP contribution in [0, 0.1) is 12.7 Å². The van der Waals surface area contributed by atoms with Gasteiger partial charge in [-0.3, -0.25) is 9.69 Å². The summed E-state index contributed by atoms with van der Waals surface area (Å²) in [6, 6.07) is 4.74. The average Bonchev–Trinajstić information content (AvgIpc) is 2.42. The number of halogens is 1. The minimum Gasteiger partial charge on any atom is -0.292 e. The van der Waals surface area contributed by atoms with Crippen LogP contribution in [0.3, 0.4) is 0 Å². The zero-order valence-electron chi connectivity index (χ0n) is 12.6. The summed E-state index contributed by atoms with van der Waals surface area (Å²) in [5, 5.41) is 0. The summed E-state index contributed by atoms with van der Waals surface area (Å²) in [5.41, 5.74) is 0.461. The second kappa shape index (κ2) is 6.29. The SMILES string of the molecule is CCN(CC)C(C)(CC)C(=O)c1ccc(C)c(F)c1. The predicted octanol–water partition coefficient (Wildman–Crippen LogP) is 3.83. The lowest BCUT2D eigenvalue weighted by Crippen LogP contribution is -2.51. The lowest BCUT2D eigenvalue weighted by molar-refractivity contribution is 0.0607. The largest absolute Gasteiger partial charge is 0.292 e. The summed E-state index contributed by atoms with van der Waals surface area (Å²) in [6.45, 7) is 11.3. The summed E-state index contributed by atoms with van der Waals surface area (Å²) >= 11 is 0. The average molecular weight is 265 g/mol. The molecule has 0 heterocycles. The van der Waals surface area contributed by atoms with E-state index in [-0.39, 0.29) is 11.6 Å². The molecule has 0 radical (unpaired) electrons. The highest BCUT2D eigenvalue weighted by atomic mass is 19.1. The standard InChI is InChI=1S/C16H24FNO/c1-6-16(5,18(7-2)8-3)15(19)13-10-9-12(4)14(17)11-13/h9-11H,6-8H2,1-5H3. The number of rotatable bonds is 6. The van der Waals surface area contributed by atoms with E-state index in [9.17, 15) is 9.18 Å². The topological polar surface area (TPSA) is 20.3 Å². The van der Waals surface area contributed by atoms with Crippen molar-refractivity contribution in [2.75, 3.05) is 13.1 Å². The van der Waals surface area contributed by atoms with Crippen molar-refractivity contribution in [2.24, 2.45) is 0 Å². The van der Waals surface area contributed by atoms with Gasteiger partial charge in [-0.1, -0.05) is 32.9 Å². The van der Waals surface area contributed by atoms with Crippen LogP contribution in [0.4, 0.5) is 4.39 Å². The Morgan fingerprint density at radius 3 is 2.26 bits per heavy atom. The maximum Gasteiger partial charge on any atom is 0.182 e. The summed E-state index contributed by atoms with van der Waals surface area (Å²) in [7, 11) is 0. The van der Waals surface area contributed by atoms with Crippen molar-refractivity contribution in [3.8, 4) is 0 Å². The molecule has 0 bridgehead atoms. The molecule has 0 aromatic heterocycles. The molecule has 0 aliphatic carbocycles. The maximum atomic E-state index is 13.6. The molecule has 0 amide bonds. The van der Waals surface area contributed by atoms with Crippen molar-refractivity contribution in [3.05, 3.63) is 35.1 Å². The number of carbonyl (C=O) groups excluding carboxylic acids is 1. The van der Waals surface area contributed by atoms with Crippen molar-refractivity contribution in [1.82, 2.24) is 4.90 Å². The van der Waals surface area contributed by atoms with Gasteiger partial charge in [-0.25, -0.2) is 4.39 Å². The summed E-state index contributed by atoms with van der Waals surface area (Å²) in [4.78, 5) is 14.8. The zero-order chi connectivity index (χ0) is 14.6. The van der Waals surface area contributed by atoms with E-state index in [1.54, 1.807) is 19.1 Å². The molecule has 1 aromatic carbocycles. The molecule has 0 saturated heterocycles. The zero-order valence-corrected chi connectivity index (χ0v) is 12.6. The van der Waals surface area contributed by atoms with Crippen LogP contribution >= 0.6 is 0 Å². The van der Waals surface area contributed by atoms with E-state index < -0.39 is 5.54 Å². The molecule has 1 atom stereocenters.